The van der Waals surface area contributed by atoms with Gasteiger partial charge >= 0.3 is 0 Å². The van der Waals surface area contributed by atoms with Gasteiger partial charge in [-0.2, -0.15) is 0 Å². The minimum Gasteiger partial charge on any atom is -0.0625 e. The van der Waals surface area contributed by atoms with Gasteiger partial charge in [0.1, 0.15) is 0 Å². The van der Waals surface area contributed by atoms with E-state index in [-0.39, 0.29) is 0 Å². The first-order valence-electron chi connectivity index (χ1n) is 22.1. The first-order valence-corrected chi connectivity index (χ1v) is 22.1. The molecule has 0 aliphatic heterocycles. The maximum absolute atomic E-state index is 2.65. The van der Waals surface area contributed by atoms with Crippen LogP contribution >= 0.6 is 0 Å². The fourth-order valence-electron chi connectivity index (χ4n) is 15.9. The van der Waals surface area contributed by atoms with E-state index in [1.807, 2.05) is 22.3 Å². The normalized spacial score (nSPS) is 50.5. The third kappa shape index (κ3) is 4.77. The average molecular weight is 649 g/mol. The highest BCUT2D eigenvalue weighted by atomic mass is 14.7. The van der Waals surface area contributed by atoms with Gasteiger partial charge in [0.25, 0.3) is 0 Å². The summed E-state index contributed by atoms with van der Waals surface area (Å²) in [5.74, 6) is 14.1. The lowest BCUT2D eigenvalue weighted by Gasteiger charge is -2.65. The molecule has 0 aromatic heterocycles. The van der Waals surface area contributed by atoms with E-state index >= 15 is 0 Å². The molecule has 0 amide bonds. The van der Waals surface area contributed by atoms with Crippen molar-refractivity contribution in [2.45, 2.75) is 158 Å². The highest BCUT2D eigenvalue weighted by molar-refractivity contribution is 5.60. The molecule has 0 N–H and O–H groups in total. The molecule has 4 fully saturated rings. The maximum atomic E-state index is 2.65. The molecule has 0 bridgehead atoms. The van der Waals surface area contributed by atoms with Crippen LogP contribution < -0.4 is 0 Å². The van der Waals surface area contributed by atoms with E-state index in [0.717, 1.165) is 94.7 Å². The van der Waals surface area contributed by atoms with E-state index in [4.69, 9.17) is 0 Å². The van der Waals surface area contributed by atoms with E-state index in [9.17, 15) is 0 Å². The summed E-state index contributed by atoms with van der Waals surface area (Å²) < 4.78 is 0. The Morgan fingerprint density at radius 3 is 0.771 bits per heavy atom. The number of fused-ring (bicyclic) bond motifs is 2. The number of allylic oxidation sites excluding steroid dienone is 8. The summed E-state index contributed by atoms with van der Waals surface area (Å²) in [4.78, 5) is 0. The molecular formula is C48H72. The summed E-state index contributed by atoms with van der Waals surface area (Å²) in [7, 11) is 0. The van der Waals surface area contributed by atoms with Crippen LogP contribution in [0.3, 0.4) is 0 Å². The number of hydrogen-bond donors (Lipinski definition) is 0. The van der Waals surface area contributed by atoms with Crippen LogP contribution in [0.25, 0.3) is 0 Å². The van der Waals surface area contributed by atoms with E-state index < -0.39 is 0 Å². The summed E-state index contributed by atoms with van der Waals surface area (Å²) in [6.45, 7) is 20.6. The average Bonchev–Trinajstić information content (AvgIpc) is 3.08. The Morgan fingerprint density at radius 2 is 0.521 bits per heavy atom. The van der Waals surface area contributed by atoms with Crippen LogP contribution in [0.1, 0.15) is 158 Å². The zero-order chi connectivity index (χ0) is 33.2. The minimum absolute atomic E-state index is 0.736. The lowest BCUT2D eigenvalue weighted by Crippen LogP contribution is -2.55. The van der Waals surface area contributed by atoms with Crippen LogP contribution in [0.4, 0.5) is 0 Å². The molecule has 8 unspecified atom stereocenters. The van der Waals surface area contributed by atoms with Crippen LogP contribution in [0, 0.1) is 94.7 Å². The van der Waals surface area contributed by atoms with Crippen LogP contribution in [0.2, 0.25) is 0 Å². The summed E-state index contributed by atoms with van der Waals surface area (Å²) in [6, 6.07) is 0. The van der Waals surface area contributed by atoms with Crippen LogP contribution in [-0.2, 0) is 0 Å². The molecule has 0 spiro atoms. The van der Waals surface area contributed by atoms with Crippen molar-refractivity contribution in [1.82, 2.24) is 0 Å². The zero-order valence-electron chi connectivity index (χ0n) is 32.6. The van der Waals surface area contributed by atoms with E-state index in [1.54, 1.807) is 25.7 Å². The molecule has 0 nitrogen and oxygen atoms in total. The molecule has 8 atom stereocenters. The van der Waals surface area contributed by atoms with Crippen molar-refractivity contribution in [2.24, 2.45) is 94.7 Å². The number of rotatable bonds is 1. The highest BCUT2D eigenvalue weighted by Crippen LogP contribution is 2.72. The van der Waals surface area contributed by atoms with Gasteiger partial charge in [-0.15, -0.1) is 0 Å². The van der Waals surface area contributed by atoms with Gasteiger partial charge in [-0.3, -0.25) is 0 Å². The summed E-state index contributed by atoms with van der Waals surface area (Å²) >= 11 is 0. The third-order valence-electron chi connectivity index (χ3n) is 18.0. The molecule has 0 aromatic carbocycles. The van der Waals surface area contributed by atoms with Crippen molar-refractivity contribution < 1.29 is 0 Å². The van der Waals surface area contributed by atoms with Crippen molar-refractivity contribution in [3.8, 4) is 0 Å². The Labute approximate surface area is 296 Å². The second kappa shape index (κ2) is 12.3. The SMILES string of the molecule is CC1CCC(C2CCC(C)CC2)CC1.CC1CCC2C3=C1C(C)C1=C4C(CCC1C)C1CCC(C)C5=C1C(C1=C(C(C)CCC12)C5C)C34. The monoisotopic (exact) mass is 649 g/mol. The van der Waals surface area contributed by atoms with Gasteiger partial charge in [-0.05, 0) is 160 Å². The second-order valence-corrected chi connectivity index (χ2v) is 20.4. The first-order chi connectivity index (χ1) is 23.2. The van der Waals surface area contributed by atoms with Gasteiger partial charge in [-0.25, -0.2) is 0 Å². The Kier molecular flexibility index (Phi) is 8.41. The molecule has 264 valence electrons. The minimum atomic E-state index is 0.736. The lowest BCUT2D eigenvalue weighted by molar-refractivity contribution is 0.130. The molecule has 0 aromatic rings. The van der Waals surface area contributed by atoms with Gasteiger partial charge < -0.3 is 0 Å². The Bertz CT molecular complexity index is 1220. The topological polar surface area (TPSA) is 0 Å². The van der Waals surface area contributed by atoms with Gasteiger partial charge in [-0.1, -0.05) is 126 Å². The molecule has 0 heteroatoms. The van der Waals surface area contributed by atoms with E-state index in [0.29, 0.717) is 0 Å². The van der Waals surface area contributed by atoms with Crippen LogP contribution in [0.15, 0.2) is 44.6 Å². The van der Waals surface area contributed by atoms with Gasteiger partial charge in [0.15, 0.2) is 0 Å². The molecule has 0 heterocycles. The Hall–Kier alpha value is -1.04. The van der Waals surface area contributed by atoms with Gasteiger partial charge in [0, 0.05) is 11.8 Å². The predicted octanol–water partition coefficient (Wildman–Crippen LogP) is 13.6. The quantitative estimate of drug-likeness (QED) is 0.248. The van der Waals surface area contributed by atoms with Gasteiger partial charge in [0.2, 0.25) is 0 Å². The third-order valence-corrected chi connectivity index (χ3v) is 18.0. The van der Waals surface area contributed by atoms with Crippen molar-refractivity contribution in [3.05, 3.63) is 44.6 Å². The molecule has 10 rings (SSSR count). The number of hydrogen-bond acceptors (Lipinski definition) is 0. The second-order valence-electron chi connectivity index (χ2n) is 20.4. The molecule has 10 aliphatic carbocycles. The Balaban J connectivity index is 0.000000189. The van der Waals surface area contributed by atoms with Crippen molar-refractivity contribution >= 4 is 0 Å². The fourth-order valence-corrected chi connectivity index (χ4v) is 15.9. The zero-order valence-corrected chi connectivity index (χ0v) is 32.6. The first kappa shape index (κ1) is 32.8. The van der Waals surface area contributed by atoms with Crippen molar-refractivity contribution in [3.63, 3.8) is 0 Å². The maximum Gasteiger partial charge on any atom is 0.0122 e. The Morgan fingerprint density at radius 1 is 0.271 bits per heavy atom. The largest absolute Gasteiger partial charge is 0.0625 e. The van der Waals surface area contributed by atoms with Crippen LogP contribution in [-0.4, -0.2) is 0 Å². The summed E-state index contributed by atoms with van der Waals surface area (Å²) in [5, 5.41) is 0. The molecule has 10 aliphatic rings. The van der Waals surface area contributed by atoms with Crippen LogP contribution in [0.5, 0.6) is 0 Å². The predicted molar refractivity (Wildman–Crippen MR) is 203 cm³/mol. The lowest BCUT2D eigenvalue weighted by atomic mass is 9.39. The van der Waals surface area contributed by atoms with Crippen molar-refractivity contribution in [1.29, 1.82) is 0 Å². The standard InChI is InChI=1S/C34H46.C14H26/c1-15-7-11-21-22-12-9-17(3)27-20(6)28-18(4)10-14-24-23-13-8-16(2)26-19(5)25(15)29(21)33(30(23)26)34(31(22)27)32(24)28;1-11-3-7-13(8-4-11)14-9-5-12(2)6-10-14/h15-24,33-34H,7-14H2,1-6H3;11-14H,3-10H2,1-2H3. The van der Waals surface area contributed by atoms with E-state index in [2.05, 4.69) is 77.7 Å². The van der Waals surface area contributed by atoms with Crippen molar-refractivity contribution in [2.75, 3.05) is 0 Å². The summed E-state index contributed by atoms with van der Waals surface area (Å²) in [5.41, 5.74) is 16.1. The fraction of sp³-hybridized carbons (Fsp3) is 0.833. The molecular weight excluding hydrogens is 577 g/mol. The van der Waals surface area contributed by atoms with Gasteiger partial charge in [0.05, 0.1) is 0 Å². The molecule has 4 saturated carbocycles. The molecule has 0 radical (unpaired) electrons. The highest BCUT2D eigenvalue weighted by Gasteiger charge is 2.62. The molecule has 48 heavy (non-hydrogen) atoms. The molecule has 0 saturated heterocycles. The smallest absolute Gasteiger partial charge is 0.0122 e. The summed E-state index contributed by atoms with van der Waals surface area (Å²) in [6.07, 6.45) is 23.9. The van der Waals surface area contributed by atoms with E-state index in [1.165, 1.54) is 77.0 Å².